The number of carboxylic acids is 1. The summed E-state index contributed by atoms with van der Waals surface area (Å²) < 4.78 is 0. The second kappa shape index (κ2) is 10.9. The molecule has 1 heterocycles. The Balaban J connectivity index is 1.46. The first-order valence-electron chi connectivity index (χ1n) is 11.7. The number of aliphatic hydroxyl groups excluding tert-OH is 1. The fraction of sp³-hybridized carbons (Fsp3) is 0.269. The average Bonchev–Trinajstić information content (AvgIpc) is 3.24. The van der Waals surface area contributed by atoms with Gasteiger partial charge in [0.05, 0.1) is 11.5 Å². The number of aliphatic hydroxyl groups is 1. The van der Waals surface area contributed by atoms with E-state index in [-0.39, 0.29) is 55.3 Å². The molecular weight excluding hydrogens is 480 g/mol. The van der Waals surface area contributed by atoms with Crippen LogP contribution in [0.1, 0.15) is 12.0 Å². The van der Waals surface area contributed by atoms with Crippen LogP contribution in [0.4, 0.5) is 11.4 Å². The molecule has 11 heteroatoms. The minimum Gasteiger partial charge on any atom is -0.511 e. The number of hydrogen-bond acceptors (Lipinski definition) is 8. The lowest BCUT2D eigenvalue weighted by molar-refractivity contribution is -0.143. The van der Waals surface area contributed by atoms with Crippen molar-refractivity contribution in [1.82, 2.24) is 9.80 Å². The Kier molecular flexibility index (Phi) is 7.52. The molecule has 1 unspecified atom stereocenters. The molecule has 0 aromatic heterocycles. The lowest BCUT2D eigenvalue weighted by Crippen LogP contribution is -2.39. The summed E-state index contributed by atoms with van der Waals surface area (Å²) in [7, 11) is 0. The highest BCUT2D eigenvalue weighted by Gasteiger charge is 2.31. The molecule has 2 aliphatic rings. The van der Waals surface area contributed by atoms with Gasteiger partial charge >= 0.3 is 5.97 Å². The molecule has 0 radical (unpaired) electrons. The number of nitrogens with one attached hydrogen (secondary N) is 2. The maximum atomic E-state index is 13.2. The molecule has 192 valence electrons. The van der Waals surface area contributed by atoms with Gasteiger partial charge in [0.15, 0.2) is 0 Å². The van der Waals surface area contributed by atoms with Crippen LogP contribution in [-0.2, 0) is 20.9 Å². The highest BCUT2D eigenvalue weighted by Crippen LogP contribution is 2.24. The van der Waals surface area contributed by atoms with Gasteiger partial charge in [-0.05, 0) is 17.7 Å². The van der Waals surface area contributed by atoms with Gasteiger partial charge in [-0.15, -0.1) is 0 Å². The largest absolute Gasteiger partial charge is 0.511 e. The van der Waals surface area contributed by atoms with Gasteiger partial charge in [-0.2, -0.15) is 0 Å². The smallest absolute Gasteiger partial charge is 0.310 e. The van der Waals surface area contributed by atoms with Gasteiger partial charge in [0.1, 0.15) is 17.1 Å². The van der Waals surface area contributed by atoms with E-state index in [4.69, 9.17) is 0 Å². The summed E-state index contributed by atoms with van der Waals surface area (Å²) in [6.07, 6.45) is 4.93. The van der Waals surface area contributed by atoms with Crippen LogP contribution in [0.25, 0.3) is 0 Å². The standard InChI is InChI=1S/C26H26N4O7/c31-15-29-9-10-30(14-17(13-29)26(36)37)25(35)19-8-4-7-18(11-20(19)32)28-22-21(23(33)24(22)34)27-12-16-5-2-1-3-6-16/h1-8,15,17,27-28,32H,9-14H2,(H,36,37). The first-order chi connectivity index (χ1) is 17.8. The van der Waals surface area contributed by atoms with E-state index in [0.29, 0.717) is 18.7 Å². The van der Waals surface area contributed by atoms with Crippen LogP contribution in [0.5, 0.6) is 0 Å². The third-order valence-corrected chi connectivity index (χ3v) is 6.31. The number of carbonyl (C=O) groups excluding carboxylic acids is 2. The summed E-state index contributed by atoms with van der Waals surface area (Å²) >= 11 is 0. The summed E-state index contributed by atoms with van der Waals surface area (Å²) in [6, 6.07) is 9.35. The maximum Gasteiger partial charge on any atom is 0.310 e. The predicted octanol–water partition coefficient (Wildman–Crippen LogP) is 0.964. The van der Waals surface area contributed by atoms with E-state index in [0.717, 1.165) is 5.56 Å². The molecule has 4 N–H and O–H groups in total. The molecule has 11 nitrogen and oxygen atoms in total. The molecule has 0 saturated carbocycles. The van der Waals surface area contributed by atoms with E-state index in [1.165, 1.54) is 22.0 Å². The van der Waals surface area contributed by atoms with Gasteiger partial charge < -0.3 is 30.6 Å². The summed E-state index contributed by atoms with van der Waals surface area (Å²) in [6.45, 7) is 0.510. The molecule has 0 spiro atoms. The van der Waals surface area contributed by atoms with Crippen molar-refractivity contribution in [2.75, 3.05) is 36.8 Å². The van der Waals surface area contributed by atoms with Gasteiger partial charge in [0, 0.05) is 44.8 Å². The Morgan fingerprint density at radius 2 is 1.78 bits per heavy atom. The average molecular weight is 507 g/mol. The summed E-state index contributed by atoms with van der Waals surface area (Å²) in [4.78, 5) is 62.9. The van der Waals surface area contributed by atoms with Crippen molar-refractivity contribution in [2.45, 2.75) is 13.0 Å². The summed E-state index contributed by atoms with van der Waals surface area (Å²) in [5, 5.41) is 26.1. The molecule has 37 heavy (non-hydrogen) atoms. The summed E-state index contributed by atoms with van der Waals surface area (Å²) in [5.74, 6) is -2.93. The minimum atomic E-state index is -1.13. The number of rotatable bonds is 8. The van der Waals surface area contributed by atoms with Gasteiger partial charge in [-0.1, -0.05) is 36.4 Å². The van der Waals surface area contributed by atoms with Crippen LogP contribution in [-0.4, -0.2) is 64.5 Å². The topological polar surface area (TPSA) is 156 Å². The number of carboxylic acid groups (broad SMARTS) is 1. The fourth-order valence-electron chi connectivity index (χ4n) is 4.24. The quantitative estimate of drug-likeness (QED) is 0.302. The number of nitrogens with zero attached hydrogens (tertiary/aromatic N) is 2. The number of carbonyl (C=O) groups is 3. The van der Waals surface area contributed by atoms with Crippen molar-refractivity contribution in [2.24, 2.45) is 5.92 Å². The zero-order valence-corrected chi connectivity index (χ0v) is 19.8. The zero-order valence-electron chi connectivity index (χ0n) is 19.8. The van der Waals surface area contributed by atoms with Gasteiger partial charge in [0.2, 0.25) is 6.41 Å². The minimum absolute atomic E-state index is 0.0123. The first kappa shape index (κ1) is 25.4. The lowest BCUT2D eigenvalue weighted by Gasteiger charge is -2.23. The van der Waals surface area contributed by atoms with Crippen molar-refractivity contribution in [3.8, 4) is 0 Å². The van der Waals surface area contributed by atoms with Crippen LogP contribution < -0.4 is 21.5 Å². The van der Waals surface area contributed by atoms with E-state index in [1.54, 1.807) is 6.08 Å². The van der Waals surface area contributed by atoms with Crippen LogP contribution in [0.2, 0.25) is 0 Å². The molecule has 1 aliphatic carbocycles. The van der Waals surface area contributed by atoms with Crippen molar-refractivity contribution < 1.29 is 24.6 Å². The molecule has 1 fully saturated rings. The first-order valence-corrected chi connectivity index (χ1v) is 11.7. The second-order valence-corrected chi connectivity index (χ2v) is 8.85. The fourth-order valence-corrected chi connectivity index (χ4v) is 4.24. The van der Waals surface area contributed by atoms with Gasteiger partial charge in [-0.25, -0.2) is 0 Å². The molecule has 1 atom stereocenters. The molecule has 2 aromatic carbocycles. The Bertz CT molecular complexity index is 1370. The SMILES string of the molecule is O=CN1CCN(C(=O)C2=C(O)CC(Nc3c(NCc4ccccc4)c(=O)c3=O)=CC=C2)CC(C(=O)O)C1. The molecular formula is C26H26N4O7. The van der Waals surface area contributed by atoms with E-state index in [1.807, 2.05) is 30.3 Å². The van der Waals surface area contributed by atoms with Crippen molar-refractivity contribution in [3.05, 3.63) is 91.6 Å². The van der Waals surface area contributed by atoms with E-state index in [2.05, 4.69) is 10.6 Å². The molecule has 1 aliphatic heterocycles. The molecule has 2 aromatic rings. The summed E-state index contributed by atoms with van der Waals surface area (Å²) in [5.41, 5.74) is 0.185. The van der Waals surface area contributed by atoms with E-state index < -0.39 is 28.7 Å². The Morgan fingerprint density at radius 1 is 1.05 bits per heavy atom. The van der Waals surface area contributed by atoms with E-state index >= 15 is 0 Å². The lowest BCUT2D eigenvalue weighted by atomic mass is 10.1. The van der Waals surface area contributed by atoms with Crippen LogP contribution in [0, 0.1) is 5.92 Å². The number of allylic oxidation sites excluding steroid dienone is 2. The Morgan fingerprint density at radius 3 is 2.49 bits per heavy atom. The van der Waals surface area contributed by atoms with E-state index in [9.17, 15) is 34.2 Å². The van der Waals surface area contributed by atoms with Crippen molar-refractivity contribution in [3.63, 3.8) is 0 Å². The highest BCUT2D eigenvalue weighted by molar-refractivity contribution is 5.97. The predicted molar refractivity (Wildman–Crippen MR) is 136 cm³/mol. The van der Waals surface area contributed by atoms with Crippen LogP contribution in [0.15, 0.2) is 75.2 Å². The molecule has 0 bridgehead atoms. The number of aliphatic carboxylic acids is 1. The van der Waals surface area contributed by atoms with Crippen molar-refractivity contribution in [1.29, 1.82) is 0 Å². The zero-order chi connectivity index (χ0) is 26.5. The number of hydrogen-bond donors (Lipinski definition) is 4. The maximum absolute atomic E-state index is 13.2. The van der Waals surface area contributed by atoms with Crippen LogP contribution >= 0.6 is 0 Å². The number of amides is 2. The number of anilines is 2. The molecule has 1 saturated heterocycles. The second-order valence-electron chi connectivity index (χ2n) is 8.85. The third-order valence-electron chi connectivity index (χ3n) is 6.31. The number of benzene rings is 1. The van der Waals surface area contributed by atoms with Crippen molar-refractivity contribution >= 4 is 29.7 Å². The molecule has 2 amide bonds. The Hall–Kier alpha value is -4.67. The third kappa shape index (κ3) is 5.61. The van der Waals surface area contributed by atoms with Crippen LogP contribution in [0.3, 0.4) is 0 Å². The monoisotopic (exact) mass is 506 g/mol. The van der Waals surface area contributed by atoms with Gasteiger partial charge in [0.25, 0.3) is 16.8 Å². The van der Waals surface area contributed by atoms with Gasteiger partial charge in [-0.3, -0.25) is 24.0 Å². The Labute approximate surface area is 211 Å². The molecule has 4 rings (SSSR count). The highest BCUT2D eigenvalue weighted by atomic mass is 16.4. The normalized spacial score (nSPS) is 18.2.